The first kappa shape index (κ1) is 37.0. The van der Waals surface area contributed by atoms with Crippen molar-refractivity contribution in [1.82, 2.24) is 0 Å². The van der Waals surface area contributed by atoms with Gasteiger partial charge in [0, 0.05) is 49.2 Å². The summed E-state index contributed by atoms with van der Waals surface area (Å²) in [5.74, 6) is -6.12. The second kappa shape index (κ2) is 13.2. The molecule has 3 aliphatic carbocycles. The molecule has 12 heteroatoms. The predicted molar refractivity (Wildman–Crippen MR) is 170 cm³/mol. The second-order valence-electron chi connectivity index (χ2n) is 14.0. The molecule has 0 bridgehead atoms. The van der Waals surface area contributed by atoms with Crippen LogP contribution >= 0.6 is 0 Å². The molecule has 0 spiro atoms. The number of carbonyl (C=O) groups is 6. The maximum Gasteiger partial charge on any atom is 0.334 e. The van der Waals surface area contributed by atoms with E-state index in [1.54, 1.807) is 66.7 Å². The van der Waals surface area contributed by atoms with Gasteiger partial charge in [-0.05, 0) is 58.6 Å². The largest absolute Gasteiger partial charge is 0.465 e. The predicted octanol–water partition coefficient (Wildman–Crippen LogP) is 4.13. The van der Waals surface area contributed by atoms with Gasteiger partial charge >= 0.3 is 29.8 Å². The first-order chi connectivity index (χ1) is 22.3. The van der Waals surface area contributed by atoms with Gasteiger partial charge in [-0.2, -0.15) is 0 Å². The molecule has 1 unspecified atom stereocenters. The molecule has 4 rings (SSSR count). The molecule has 0 radical (unpaired) electrons. The standard InChI is InChI=1S/C36H48O12/c1-12-17(3)32(41)46-27-19(5)14-36-31(45-24(10)39)20(6)15-35(36,48-36)30(40)21(7)28(44-23(9)38)25-26(34(25,11)16-43-22(8)37)29(27)47-33(42)18(4)13-2/h12-14,20-21,25-29,31H,15-16H2,1-11H3/b17-12+,18-13+,19-14+/t20-,21+,25-,26+,27+,28-,29?,31-,34+,35-,36-/m0/s1. The molecule has 1 heterocycles. The zero-order valence-corrected chi connectivity index (χ0v) is 29.7. The highest BCUT2D eigenvalue weighted by atomic mass is 16.7. The van der Waals surface area contributed by atoms with Gasteiger partial charge in [-0.25, -0.2) is 9.59 Å². The van der Waals surface area contributed by atoms with Gasteiger partial charge in [0.1, 0.15) is 18.3 Å². The molecule has 48 heavy (non-hydrogen) atoms. The van der Waals surface area contributed by atoms with Gasteiger partial charge in [0.25, 0.3) is 0 Å². The van der Waals surface area contributed by atoms with Crippen LogP contribution in [0.2, 0.25) is 0 Å². The fraction of sp³-hybridized carbons (Fsp3) is 0.667. The van der Waals surface area contributed by atoms with Crippen molar-refractivity contribution in [3.05, 3.63) is 34.9 Å². The lowest BCUT2D eigenvalue weighted by molar-refractivity contribution is -0.164. The van der Waals surface area contributed by atoms with Crippen LogP contribution in [0.25, 0.3) is 0 Å². The Balaban J connectivity index is 2.02. The number of hydrogen-bond donors (Lipinski definition) is 0. The molecular weight excluding hydrogens is 624 g/mol. The molecule has 4 aliphatic rings. The van der Waals surface area contributed by atoms with Crippen LogP contribution in [0.15, 0.2) is 34.9 Å². The number of fused-ring (bicyclic) bond motifs is 1. The summed E-state index contributed by atoms with van der Waals surface area (Å²) in [4.78, 5) is 78.6. The van der Waals surface area contributed by atoms with Gasteiger partial charge in [-0.3, -0.25) is 19.2 Å². The summed E-state index contributed by atoms with van der Waals surface area (Å²) >= 11 is 0. The summed E-state index contributed by atoms with van der Waals surface area (Å²) < 4.78 is 36.0. The number of ether oxygens (including phenoxy) is 6. The highest BCUT2D eigenvalue weighted by Gasteiger charge is 2.84. The molecule has 0 aromatic carbocycles. The van der Waals surface area contributed by atoms with Crippen LogP contribution in [0.3, 0.4) is 0 Å². The molecule has 1 aliphatic heterocycles. The molecule has 264 valence electrons. The molecule has 0 N–H and O–H groups in total. The number of rotatable bonds is 8. The topological polar surface area (TPSA) is 161 Å². The number of epoxide rings is 1. The first-order valence-electron chi connectivity index (χ1n) is 16.4. The minimum absolute atomic E-state index is 0.151. The van der Waals surface area contributed by atoms with Crippen LogP contribution < -0.4 is 0 Å². The van der Waals surface area contributed by atoms with Crippen LogP contribution in [-0.2, 0) is 57.2 Å². The third-order valence-corrected chi connectivity index (χ3v) is 10.7. The Bertz CT molecular complexity index is 1490. The molecule has 11 atom stereocenters. The monoisotopic (exact) mass is 672 g/mol. The van der Waals surface area contributed by atoms with Gasteiger partial charge in [0.15, 0.2) is 23.1 Å². The van der Waals surface area contributed by atoms with Crippen LogP contribution in [0.1, 0.15) is 82.6 Å². The van der Waals surface area contributed by atoms with E-state index in [1.807, 2.05) is 6.92 Å². The lowest BCUT2D eigenvalue weighted by Gasteiger charge is -2.31. The average Bonchev–Trinajstić information content (AvgIpc) is 3.83. The van der Waals surface area contributed by atoms with E-state index in [-0.39, 0.29) is 24.7 Å². The van der Waals surface area contributed by atoms with Gasteiger partial charge < -0.3 is 28.4 Å². The Kier molecular flexibility index (Phi) is 10.2. The minimum Gasteiger partial charge on any atom is -0.465 e. The minimum atomic E-state index is -1.44. The third-order valence-electron chi connectivity index (χ3n) is 10.7. The Morgan fingerprint density at radius 1 is 0.833 bits per heavy atom. The molecule has 1 saturated heterocycles. The summed E-state index contributed by atoms with van der Waals surface area (Å²) in [6, 6.07) is 0. The molecular formula is C36H48O12. The van der Waals surface area contributed by atoms with E-state index >= 15 is 0 Å². The van der Waals surface area contributed by atoms with E-state index in [2.05, 4.69) is 0 Å². The normalized spacial score (nSPS) is 40.0. The van der Waals surface area contributed by atoms with Gasteiger partial charge in [0.2, 0.25) is 0 Å². The smallest absolute Gasteiger partial charge is 0.334 e. The van der Waals surface area contributed by atoms with Crippen molar-refractivity contribution < 1.29 is 57.2 Å². The van der Waals surface area contributed by atoms with Crippen LogP contribution in [0.5, 0.6) is 0 Å². The average molecular weight is 673 g/mol. The SMILES string of the molecule is C/C=C(\C)C(=O)OC1[C@H](OC(=O)/C(C)=C/C)/C(C)=C/[C@@]23O[C@@]2(C[C@H](C)[C@@H]3OC(C)=O)C(=O)[C@H](C)[C@H](OC(C)=O)[C@@H]2[C@H]1[C@]2(C)COC(C)=O. The zero-order valence-electron chi connectivity index (χ0n) is 29.7. The number of ketones is 1. The molecule has 0 aromatic heterocycles. The molecule has 12 nitrogen and oxygen atoms in total. The number of Topliss-reactive ketones (excluding diaryl/α,β-unsaturated/α-hetero) is 1. The summed E-state index contributed by atoms with van der Waals surface area (Å²) in [6.45, 7) is 17.1. The fourth-order valence-corrected chi connectivity index (χ4v) is 7.95. The third kappa shape index (κ3) is 6.23. The van der Waals surface area contributed by atoms with E-state index in [9.17, 15) is 28.8 Å². The van der Waals surface area contributed by atoms with Crippen molar-refractivity contribution in [2.24, 2.45) is 29.1 Å². The van der Waals surface area contributed by atoms with Gasteiger partial charge in [-0.15, -0.1) is 0 Å². The highest BCUT2D eigenvalue weighted by Crippen LogP contribution is 2.69. The van der Waals surface area contributed by atoms with Crippen molar-refractivity contribution in [2.45, 2.75) is 118 Å². The Hall–Kier alpha value is -3.80. The number of esters is 5. The summed E-state index contributed by atoms with van der Waals surface area (Å²) in [5.41, 5.74) is -2.86. The van der Waals surface area contributed by atoms with E-state index in [0.29, 0.717) is 16.7 Å². The van der Waals surface area contributed by atoms with E-state index in [1.165, 1.54) is 20.8 Å². The maximum atomic E-state index is 14.6. The maximum absolute atomic E-state index is 14.6. The van der Waals surface area contributed by atoms with E-state index in [4.69, 9.17) is 28.4 Å². The molecule has 3 fully saturated rings. The van der Waals surface area contributed by atoms with Crippen molar-refractivity contribution in [3.63, 3.8) is 0 Å². The zero-order chi connectivity index (χ0) is 36.1. The molecule has 0 amide bonds. The van der Waals surface area contributed by atoms with Crippen LogP contribution in [-0.4, -0.2) is 77.9 Å². The van der Waals surface area contributed by atoms with Crippen LogP contribution in [0.4, 0.5) is 0 Å². The van der Waals surface area contributed by atoms with E-state index in [0.717, 1.165) is 0 Å². The fourth-order valence-electron chi connectivity index (χ4n) is 7.95. The summed E-state index contributed by atoms with van der Waals surface area (Å²) in [6.07, 6.45) is 0.673. The summed E-state index contributed by atoms with van der Waals surface area (Å²) in [5, 5.41) is 0. The van der Waals surface area contributed by atoms with Crippen molar-refractivity contribution >= 4 is 35.6 Å². The molecule has 0 aromatic rings. The molecule has 2 saturated carbocycles. The van der Waals surface area contributed by atoms with Crippen molar-refractivity contribution in [2.75, 3.05) is 6.61 Å². The number of carbonyl (C=O) groups excluding carboxylic acids is 6. The highest BCUT2D eigenvalue weighted by molar-refractivity contribution is 5.96. The van der Waals surface area contributed by atoms with Crippen molar-refractivity contribution in [3.8, 4) is 0 Å². The van der Waals surface area contributed by atoms with Crippen molar-refractivity contribution in [1.29, 1.82) is 0 Å². The summed E-state index contributed by atoms with van der Waals surface area (Å²) in [7, 11) is 0. The lowest BCUT2D eigenvalue weighted by Crippen LogP contribution is -2.43. The second-order valence-corrected chi connectivity index (χ2v) is 14.0. The quantitative estimate of drug-likeness (QED) is 0.119. The van der Waals surface area contributed by atoms with Gasteiger partial charge in [-0.1, -0.05) is 32.9 Å². The van der Waals surface area contributed by atoms with E-state index < -0.39 is 88.6 Å². The number of allylic oxidation sites excluding steroid dienone is 2. The lowest BCUT2D eigenvalue weighted by atomic mass is 9.80. The van der Waals surface area contributed by atoms with Gasteiger partial charge in [0.05, 0.1) is 12.5 Å². The Morgan fingerprint density at radius 3 is 1.90 bits per heavy atom. The van der Waals surface area contributed by atoms with Crippen LogP contribution in [0, 0.1) is 29.1 Å². The Labute approximate surface area is 281 Å². The first-order valence-corrected chi connectivity index (χ1v) is 16.4. The number of hydrogen-bond acceptors (Lipinski definition) is 12. The Morgan fingerprint density at radius 2 is 1.38 bits per heavy atom.